The van der Waals surface area contributed by atoms with Gasteiger partial charge in [0.2, 0.25) is 11.8 Å². The van der Waals surface area contributed by atoms with Crippen LogP contribution in [0.4, 0.5) is 4.39 Å². The first kappa shape index (κ1) is 22.7. The summed E-state index contributed by atoms with van der Waals surface area (Å²) < 4.78 is 14.6. The maximum atomic E-state index is 14.6. The quantitative estimate of drug-likeness (QED) is 0.569. The van der Waals surface area contributed by atoms with Crippen LogP contribution in [0.5, 0.6) is 0 Å². The Morgan fingerprint density at radius 2 is 1.89 bits per heavy atom. The average Bonchev–Trinajstić information content (AvgIpc) is 3.20. The van der Waals surface area contributed by atoms with Crippen LogP contribution < -0.4 is 5.32 Å². The highest BCUT2D eigenvalue weighted by molar-refractivity contribution is 6.05. The van der Waals surface area contributed by atoms with Gasteiger partial charge in [-0.3, -0.25) is 24.6 Å². The molecule has 1 unspecified atom stereocenters. The van der Waals surface area contributed by atoms with Crippen molar-refractivity contribution in [3.63, 3.8) is 0 Å². The number of halogens is 1. The van der Waals surface area contributed by atoms with E-state index in [1.165, 1.54) is 11.0 Å². The monoisotopic (exact) mass is 487 g/mol. The second-order valence-electron chi connectivity index (χ2n) is 9.82. The Balaban J connectivity index is 1.17. The van der Waals surface area contributed by atoms with E-state index in [9.17, 15) is 18.8 Å². The van der Waals surface area contributed by atoms with Crippen molar-refractivity contribution in [3.05, 3.63) is 70.8 Å². The lowest BCUT2D eigenvalue weighted by Gasteiger charge is -2.33. The number of piperidine rings is 2. The van der Waals surface area contributed by atoms with Crippen LogP contribution in [0.25, 0.3) is 11.0 Å². The lowest BCUT2D eigenvalue weighted by Crippen LogP contribution is -2.52. The highest BCUT2D eigenvalue weighted by Crippen LogP contribution is 2.38. The molecule has 2 aromatic heterocycles. The van der Waals surface area contributed by atoms with E-state index in [2.05, 4.69) is 20.2 Å². The third kappa shape index (κ3) is 4.13. The molecule has 5 heterocycles. The van der Waals surface area contributed by atoms with E-state index in [1.54, 1.807) is 12.3 Å². The maximum absolute atomic E-state index is 14.6. The molecule has 9 heteroatoms. The van der Waals surface area contributed by atoms with E-state index in [0.717, 1.165) is 60.3 Å². The lowest BCUT2D eigenvalue weighted by molar-refractivity contribution is -0.136. The molecule has 1 aromatic carbocycles. The molecular formula is C27H26FN5O3. The Morgan fingerprint density at radius 1 is 1.06 bits per heavy atom. The van der Waals surface area contributed by atoms with Gasteiger partial charge in [-0.15, -0.1) is 0 Å². The van der Waals surface area contributed by atoms with E-state index in [4.69, 9.17) is 0 Å². The first-order valence-electron chi connectivity index (χ1n) is 12.4. The number of carbonyl (C=O) groups excluding carboxylic acids is 3. The van der Waals surface area contributed by atoms with Crippen LogP contribution in [-0.2, 0) is 22.7 Å². The van der Waals surface area contributed by atoms with Crippen LogP contribution in [0, 0.1) is 5.82 Å². The van der Waals surface area contributed by atoms with Gasteiger partial charge >= 0.3 is 0 Å². The van der Waals surface area contributed by atoms with Crippen molar-refractivity contribution in [1.82, 2.24) is 25.1 Å². The Hall–Kier alpha value is -3.72. The average molecular weight is 488 g/mol. The van der Waals surface area contributed by atoms with Crippen LogP contribution in [0.3, 0.4) is 0 Å². The van der Waals surface area contributed by atoms with Gasteiger partial charge in [-0.2, -0.15) is 0 Å². The molecule has 36 heavy (non-hydrogen) atoms. The minimum Gasteiger partial charge on any atom is -0.322 e. The minimum absolute atomic E-state index is 0.131. The number of hydrogen-bond donors (Lipinski definition) is 1. The Bertz CT molecular complexity index is 1390. The summed E-state index contributed by atoms with van der Waals surface area (Å²) in [5, 5.41) is 3.33. The molecule has 3 aliphatic rings. The molecule has 2 saturated heterocycles. The molecule has 0 radical (unpaired) electrons. The summed E-state index contributed by atoms with van der Waals surface area (Å²) >= 11 is 0. The number of nitrogens with one attached hydrogen (secondary N) is 1. The predicted molar refractivity (Wildman–Crippen MR) is 129 cm³/mol. The van der Waals surface area contributed by atoms with Crippen LogP contribution in [0.2, 0.25) is 0 Å². The largest absolute Gasteiger partial charge is 0.322 e. The maximum Gasteiger partial charge on any atom is 0.255 e. The highest BCUT2D eigenvalue weighted by Gasteiger charge is 2.41. The van der Waals surface area contributed by atoms with Crippen molar-refractivity contribution >= 4 is 28.8 Å². The zero-order chi connectivity index (χ0) is 24.8. The molecule has 0 bridgehead atoms. The number of benzene rings is 1. The number of hydrogen-bond acceptors (Lipinski definition) is 6. The smallest absolute Gasteiger partial charge is 0.255 e. The number of amides is 3. The lowest BCUT2D eigenvalue weighted by atomic mass is 9.85. The van der Waals surface area contributed by atoms with E-state index in [-0.39, 0.29) is 30.7 Å². The summed E-state index contributed by atoms with van der Waals surface area (Å²) in [5.41, 5.74) is 3.72. The van der Waals surface area contributed by atoms with Gasteiger partial charge in [0.25, 0.3) is 5.91 Å². The molecule has 2 fully saturated rings. The van der Waals surface area contributed by atoms with Crippen LogP contribution >= 0.6 is 0 Å². The molecule has 3 aromatic rings. The van der Waals surface area contributed by atoms with Crippen LogP contribution in [0.15, 0.2) is 42.6 Å². The third-order valence-corrected chi connectivity index (χ3v) is 7.59. The number of nitrogens with zero attached hydrogens (tertiary/aromatic N) is 4. The molecular weight excluding hydrogens is 461 g/mol. The molecule has 3 amide bonds. The van der Waals surface area contributed by atoms with Crippen LogP contribution in [-0.4, -0.2) is 56.6 Å². The Labute approximate surface area is 207 Å². The molecule has 1 atom stereocenters. The number of pyridine rings is 2. The predicted octanol–water partition coefficient (Wildman–Crippen LogP) is 2.91. The molecule has 8 nitrogen and oxygen atoms in total. The normalized spacial score (nSPS) is 21.2. The van der Waals surface area contributed by atoms with E-state index in [0.29, 0.717) is 12.0 Å². The second kappa shape index (κ2) is 9.05. The molecule has 1 N–H and O–H groups in total. The van der Waals surface area contributed by atoms with Crippen molar-refractivity contribution in [2.24, 2.45) is 0 Å². The minimum atomic E-state index is -0.704. The highest BCUT2D eigenvalue weighted by atomic mass is 19.1. The Kier molecular flexibility index (Phi) is 5.72. The van der Waals surface area contributed by atoms with Gasteiger partial charge in [0.15, 0.2) is 5.65 Å². The van der Waals surface area contributed by atoms with Gasteiger partial charge in [-0.1, -0.05) is 0 Å². The van der Waals surface area contributed by atoms with E-state index >= 15 is 0 Å². The molecule has 0 spiro atoms. The van der Waals surface area contributed by atoms with Crippen molar-refractivity contribution in [2.75, 3.05) is 13.1 Å². The zero-order valence-corrected chi connectivity index (χ0v) is 19.7. The summed E-state index contributed by atoms with van der Waals surface area (Å²) in [7, 11) is 0. The molecule has 184 valence electrons. The van der Waals surface area contributed by atoms with Crippen molar-refractivity contribution < 1.29 is 18.8 Å². The molecule has 0 saturated carbocycles. The van der Waals surface area contributed by atoms with Gasteiger partial charge in [-0.25, -0.2) is 14.4 Å². The summed E-state index contributed by atoms with van der Waals surface area (Å²) in [6.45, 7) is 2.66. The number of likely N-dealkylation sites (tertiary alicyclic amines) is 1. The number of rotatable bonds is 4. The fraction of sp³-hybridized carbons (Fsp3) is 0.370. The standard InChI is InChI=1S/C27H26FN5O3/c28-18-12-20(22-15-33(27(36)21(22)13-18)23-5-6-24(34)31-26(23)35)16-7-10-32(11-8-16)14-19-4-3-17-2-1-9-29-25(17)30-19/h1-4,9,12-13,16,23H,5-8,10-11,14-15H2,(H,31,34,35). The summed E-state index contributed by atoms with van der Waals surface area (Å²) in [6, 6.07) is 10.1. The van der Waals surface area contributed by atoms with Gasteiger partial charge < -0.3 is 4.90 Å². The molecule has 3 aliphatic heterocycles. The van der Waals surface area contributed by atoms with Crippen molar-refractivity contribution in [2.45, 2.75) is 50.7 Å². The number of carbonyl (C=O) groups is 3. The van der Waals surface area contributed by atoms with Gasteiger partial charge in [0.05, 0.1) is 5.69 Å². The van der Waals surface area contributed by atoms with Gasteiger partial charge in [0, 0.05) is 36.7 Å². The van der Waals surface area contributed by atoms with Crippen molar-refractivity contribution in [1.29, 1.82) is 0 Å². The van der Waals surface area contributed by atoms with E-state index < -0.39 is 17.8 Å². The second-order valence-corrected chi connectivity index (χ2v) is 9.82. The SMILES string of the molecule is O=C1CCC(N2Cc3c(cc(F)cc3C3CCN(Cc4ccc5cccnc5n4)CC3)C2=O)C(=O)N1. The molecule has 0 aliphatic carbocycles. The summed E-state index contributed by atoms with van der Waals surface area (Å²) in [6.07, 6.45) is 3.91. The summed E-state index contributed by atoms with van der Waals surface area (Å²) in [4.78, 5) is 49.9. The van der Waals surface area contributed by atoms with Crippen LogP contribution in [0.1, 0.15) is 58.8 Å². The zero-order valence-electron chi connectivity index (χ0n) is 19.7. The first-order valence-corrected chi connectivity index (χ1v) is 12.4. The number of imide groups is 1. The first-order chi connectivity index (χ1) is 17.5. The topological polar surface area (TPSA) is 95.5 Å². The fourth-order valence-electron chi connectivity index (χ4n) is 5.73. The molecule has 6 rings (SSSR count). The van der Waals surface area contributed by atoms with E-state index in [1.807, 2.05) is 24.3 Å². The number of aromatic nitrogens is 2. The fourth-order valence-corrected chi connectivity index (χ4v) is 5.73. The third-order valence-electron chi connectivity index (χ3n) is 7.59. The summed E-state index contributed by atoms with van der Waals surface area (Å²) in [5.74, 6) is -1.42. The van der Waals surface area contributed by atoms with Gasteiger partial charge in [0.1, 0.15) is 11.9 Å². The van der Waals surface area contributed by atoms with Crippen molar-refractivity contribution in [3.8, 4) is 0 Å². The van der Waals surface area contributed by atoms with Gasteiger partial charge in [-0.05, 0) is 85.8 Å². The Morgan fingerprint density at radius 3 is 2.69 bits per heavy atom. The number of fused-ring (bicyclic) bond motifs is 2.